The van der Waals surface area contributed by atoms with E-state index in [1.165, 1.54) is 17.7 Å². The summed E-state index contributed by atoms with van der Waals surface area (Å²) in [6, 6.07) is 45.5. The van der Waals surface area contributed by atoms with E-state index in [2.05, 4.69) is 40.2 Å². The van der Waals surface area contributed by atoms with E-state index in [1.807, 2.05) is 78.9 Å². The standard InChI is InChI=1S/C47H45BrO8S/c1-51-43-30-44(54-32-35-14-8-4-9-15-35)46(48)47(52-2)45(43)37-28-40(25-20-33-18-23-38(24-19-33)53-31-34-12-6-3-7-13-34)55-42(29-37)36-21-26-39(27-22-36)56-57(49,50)41-16-10-5-11-17-41/h3-19,21-24,26-27,30,37,40,42H,20,25,28-29,31-32H2,1-2H3/t37-,40+,42+/m1/s1. The number of benzene rings is 6. The molecule has 0 amide bonds. The fraction of sp³-hybridized carbons (Fsp3) is 0.234. The van der Waals surface area contributed by atoms with Crippen molar-refractivity contribution in [2.45, 2.75) is 61.9 Å². The Balaban J connectivity index is 1.12. The Bertz CT molecular complexity index is 2300. The van der Waals surface area contributed by atoms with Gasteiger partial charge in [0, 0.05) is 11.6 Å². The fourth-order valence-electron chi connectivity index (χ4n) is 7.17. The Hall–Kier alpha value is -5.29. The monoisotopic (exact) mass is 848 g/mol. The molecule has 1 fully saturated rings. The molecule has 57 heavy (non-hydrogen) atoms. The van der Waals surface area contributed by atoms with Crippen LogP contribution < -0.4 is 23.1 Å². The second kappa shape index (κ2) is 18.8. The number of hydrogen-bond acceptors (Lipinski definition) is 8. The first kappa shape index (κ1) is 39.9. The Kier molecular flexibility index (Phi) is 13.1. The smallest absolute Gasteiger partial charge is 0.339 e. The Morgan fingerprint density at radius 1 is 0.649 bits per heavy atom. The first-order valence-electron chi connectivity index (χ1n) is 18.9. The first-order valence-corrected chi connectivity index (χ1v) is 21.1. The highest BCUT2D eigenvalue weighted by atomic mass is 79.9. The van der Waals surface area contributed by atoms with E-state index < -0.39 is 10.1 Å². The van der Waals surface area contributed by atoms with E-state index >= 15 is 0 Å². The molecule has 294 valence electrons. The molecule has 6 aromatic carbocycles. The summed E-state index contributed by atoms with van der Waals surface area (Å²) in [5, 5.41) is 0. The number of hydrogen-bond donors (Lipinski definition) is 0. The number of halogens is 1. The summed E-state index contributed by atoms with van der Waals surface area (Å²) in [5.41, 5.74) is 5.20. The summed E-state index contributed by atoms with van der Waals surface area (Å²) in [7, 11) is -0.658. The lowest BCUT2D eigenvalue weighted by atomic mass is 9.81. The van der Waals surface area contributed by atoms with Crippen molar-refractivity contribution in [1.29, 1.82) is 0 Å². The maximum atomic E-state index is 12.9. The van der Waals surface area contributed by atoms with Crippen molar-refractivity contribution in [2.24, 2.45) is 0 Å². The van der Waals surface area contributed by atoms with Crippen molar-refractivity contribution in [2.75, 3.05) is 14.2 Å². The van der Waals surface area contributed by atoms with Crippen LogP contribution in [-0.4, -0.2) is 28.7 Å². The van der Waals surface area contributed by atoms with Crippen LogP contribution in [-0.2, 0) is 34.5 Å². The van der Waals surface area contributed by atoms with Crippen LogP contribution in [0.3, 0.4) is 0 Å². The molecule has 1 aliphatic rings. The SMILES string of the molecule is COc1cc(OCc2ccccc2)c(Br)c(OC)c1[C@@H]1C[C@H](CCc2ccc(OCc3ccccc3)cc2)O[C@H](c2ccc(OS(=O)(=O)c3ccccc3)cc2)C1. The summed E-state index contributed by atoms with van der Waals surface area (Å²) < 4.78 is 63.3. The van der Waals surface area contributed by atoms with Crippen LogP contribution in [0.5, 0.6) is 28.7 Å². The van der Waals surface area contributed by atoms with Gasteiger partial charge in [-0.3, -0.25) is 0 Å². The number of methoxy groups -OCH3 is 2. The average Bonchev–Trinajstić information content (AvgIpc) is 3.25. The van der Waals surface area contributed by atoms with Gasteiger partial charge >= 0.3 is 10.1 Å². The van der Waals surface area contributed by atoms with Crippen molar-refractivity contribution >= 4 is 26.0 Å². The zero-order chi connectivity index (χ0) is 39.6. The number of ether oxygens (including phenoxy) is 5. The Morgan fingerprint density at radius 3 is 1.86 bits per heavy atom. The Morgan fingerprint density at radius 2 is 1.25 bits per heavy atom. The minimum atomic E-state index is -3.98. The molecule has 0 unspecified atom stereocenters. The molecule has 0 spiro atoms. The molecule has 0 aromatic heterocycles. The minimum absolute atomic E-state index is 0.0127. The molecule has 0 bridgehead atoms. The van der Waals surface area contributed by atoms with Gasteiger partial charge in [-0.05, 0) is 106 Å². The minimum Gasteiger partial charge on any atom is -0.496 e. The van der Waals surface area contributed by atoms with Gasteiger partial charge in [0.1, 0.15) is 51.3 Å². The lowest BCUT2D eigenvalue weighted by Crippen LogP contribution is -2.28. The topological polar surface area (TPSA) is 89.5 Å². The lowest BCUT2D eigenvalue weighted by molar-refractivity contribution is -0.0633. The quantitative estimate of drug-likeness (QED) is 0.0890. The summed E-state index contributed by atoms with van der Waals surface area (Å²) >= 11 is 3.80. The summed E-state index contributed by atoms with van der Waals surface area (Å²) in [6.07, 6.45) is 2.53. The molecule has 10 heteroatoms. The van der Waals surface area contributed by atoms with E-state index in [4.69, 9.17) is 27.9 Å². The van der Waals surface area contributed by atoms with Gasteiger partial charge in [0.05, 0.1) is 26.4 Å². The highest BCUT2D eigenvalue weighted by Crippen LogP contribution is 2.52. The molecule has 3 atom stereocenters. The van der Waals surface area contributed by atoms with Crippen LogP contribution in [0.1, 0.15) is 59.1 Å². The first-order chi connectivity index (χ1) is 27.8. The largest absolute Gasteiger partial charge is 0.496 e. The average molecular weight is 850 g/mol. The van der Waals surface area contributed by atoms with E-state index in [-0.39, 0.29) is 28.8 Å². The number of aryl methyl sites for hydroxylation is 1. The van der Waals surface area contributed by atoms with Gasteiger partial charge < -0.3 is 27.9 Å². The Labute approximate surface area is 343 Å². The molecule has 8 nitrogen and oxygen atoms in total. The molecule has 0 radical (unpaired) electrons. The van der Waals surface area contributed by atoms with Crippen molar-refractivity contribution < 1.29 is 36.3 Å². The zero-order valence-electron chi connectivity index (χ0n) is 31.9. The van der Waals surface area contributed by atoms with Gasteiger partial charge in [-0.25, -0.2) is 0 Å². The van der Waals surface area contributed by atoms with E-state index in [9.17, 15) is 8.42 Å². The molecule has 0 aliphatic carbocycles. The van der Waals surface area contributed by atoms with Gasteiger partial charge in [-0.1, -0.05) is 103 Å². The molecule has 0 N–H and O–H groups in total. The predicted octanol–water partition coefficient (Wildman–Crippen LogP) is 11.0. The molecule has 6 aromatic rings. The van der Waals surface area contributed by atoms with Crippen LogP contribution in [0.2, 0.25) is 0 Å². The summed E-state index contributed by atoms with van der Waals surface area (Å²) in [6.45, 7) is 0.900. The predicted molar refractivity (Wildman–Crippen MR) is 224 cm³/mol. The van der Waals surface area contributed by atoms with Crippen molar-refractivity contribution in [3.63, 3.8) is 0 Å². The van der Waals surface area contributed by atoms with Crippen molar-refractivity contribution in [3.05, 3.63) is 178 Å². The summed E-state index contributed by atoms with van der Waals surface area (Å²) in [4.78, 5) is 0.0928. The molecule has 7 rings (SSSR count). The van der Waals surface area contributed by atoms with Gasteiger partial charge in [-0.15, -0.1) is 0 Å². The highest BCUT2D eigenvalue weighted by Gasteiger charge is 2.36. The van der Waals surface area contributed by atoms with Crippen molar-refractivity contribution in [3.8, 4) is 28.7 Å². The molecular formula is C47H45BrO8S. The number of rotatable bonds is 16. The maximum Gasteiger partial charge on any atom is 0.339 e. The van der Waals surface area contributed by atoms with Crippen LogP contribution in [0.4, 0.5) is 0 Å². The maximum absolute atomic E-state index is 12.9. The third kappa shape index (κ3) is 10.2. The van der Waals surface area contributed by atoms with Crippen LogP contribution in [0.25, 0.3) is 0 Å². The third-order valence-electron chi connectivity index (χ3n) is 10.1. The second-order valence-corrected chi connectivity index (χ2v) is 16.2. The van der Waals surface area contributed by atoms with Crippen molar-refractivity contribution in [1.82, 2.24) is 0 Å². The second-order valence-electron chi connectivity index (χ2n) is 13.9. The van der Waals surface area contributed by atoms with Gasteiger partial charge in [0.2, 0.25) is 0 Å². The third-order valence-corrected chi connectivity index (χ3v) is 12.1. The van der Waals surface area contributed by atoms with E-state index in [0.29, 0.717) is 41.4 Å². The zero-order valence-corrected chi connectivity index (χ0v) is 34.3. The summed E-state index contributed by atoms with van der Waals surface area (Å²) in [5.74, 6) is 2.98. The van der Waals surface area contributed by atoms with Crippen LogP contribution in [0.15, 0.2) is 155 Å². The fourth-order valence-corrected chi connectivity index (χ4v) is 8.73. The normalized spacial score (nSPS) is 16.7. The van der Waals surface area contributed by atoms with Gasteiger partial charge in [-0.2, -0.15) is 8.42 Å². The van der Waals surface area contributed by atoms with Gasteiger partial charge in [0.15, 0.2) is 0 Å². The lowest BCUT2D eigenvalue weighted by Gasteiger charge is -2.37. The van der Waals surface area contributed by atoms with Crippen LogP contribution in [0, 0.1) is 0 Å². The molecule has 1 aliphatic heterocycles. The molecule has 0 saturated carbocycles. The molecule has 1 heterocycles. The highest BCUT2D eigenvalue weighted by molar-refractivity contribution is 9.10. The molecular weight excluding hydrogens is 804 g/mol. The molecule has 1 saturated heterocycles. The van der Waals surface area contributed by atoms with E-state index in [1.54, 1.807) is 44.6 Å². The van der Waals surface area contributed by atoms with Crippen LogP contribution >= 0.6 is 15.9 Å². The van der Waals surface area contributed by atoms with E-state index in [0.717, 1.165) is 47.3 Å². The van der Waals surface area contributed by atoms with Gasteiger partial charge in [0.25, 0.3) is 0 Å².